The van der Waals surface area contributed by atoms with Crippen molar-refractivity contribution in [2.24, 2.45) is 0 Å². The molecule has 0 saturated carbocycles. The number of nitrogens with zero attached hydrogens (tertiary/aromatic N) is 1. The van der Waals surface area contributed by atoms with E-state index in [9.17, 15) is 12.6 Å². The molecule has 1 atom stereocenters. The maximum Gasteiger partial charge on any atom is 0.179 e. The molecule has 0 saturated heterocycles. The monoisotopic (exact) mass is 313 g/mol. The third-order valence-corrected chi connectivity index (χ3v) is 6.25. The van der Waals surface area contributed by atoms with Crippen LogP contribution in [0.15, 0.2) is 29.2 Å². The number of sulfone groups is 1. The van der Waals surface area contributed by atoms with Gasteiger partial charge < -0.3 is 0 Å². The van der Waals surface area contributed by atoms with Crippen LogP contribution in [0.4, 0.5) is 0 Å². The second-order valence-corrected chi connectivity index (χ2v) is 8.32. The first-order chi connectivity index (χ1) is 9.49. The molecule has 4 nitrogen and oxygen atoms in total. The third-order valence-electron chi connectivity index (χ3n) is 2.88. The zero-order valence-corrected chi connectivity index (χ0v) is 13.2. The first-order valence-electron chi connectivity index (χ1n) is 6.57. The Morgan fingerprint density at radius 3 is 2.65 bits per heavy atom. The zero-order valence-electron chi connectivity index (χ0n) is 11.5. The molecule has 0 amide bonds. The van der Waals surface area contributed by atoms with Crippen molar-refractivity contribution in [1.29, 1.82) is 5.26 Å². The van der Waals surface area contributed by atoms with Gasteiger partial charge >= 0.3 is 0 Å². The molecule has 0 bridgehead atoms. The summed E-state index contributed by atoms with van der Waals surface area (Å²) in [5.41, 5.74) is 0.315. The maximum atomic E-state index is 12.1. The number of rotatable bonds is 8. The van der Waals surface area contributed by atoms with Gasteiger partial charge in [0.05, 0.1) is 22.3 Å². The molecule has 0 spiro atoms. The van der Waals surface area contributed by atoms with Gasteiger partial charge in [-0.1, -0.05) is 25.8 Å². The minimum atomic E-state index is -3.46. The highest BCUT2D eigenvalue weighted by molar-refractivity contribution is 7.93. The second kappa shape index (κ2) is 8.18. The molecule has 0 aliphatic rings. The van der Waals surface area contributed by atoms with Gasteiger partial charge in [-0.3, -0.25) is 4.21 Å². The fourth-order valence-corrected chi connectivity index (χ4v) is 4.87. The highest BCUT2D eigenvalue weighted by atomic mass is 32.2. The van der Waals surface area contributed by atoms with E-state index >= 15 is 0 Å². The van der Waals surface area contributed by atoms with Crippen molar-refractivity contribution in [2.45, 2.75) is 31.1 Å². The normalized spacial score (nSPS) is 12.8. The summed E-state index contributed by atoms with van der Waals surface area (Å²) in [6, 6.07) is 7.84. The van der Waals surface area contributed by atoms with Crippen molar-refractivity contribution in [2.75, 3.05) is 17.3 Å². The lowest BCUT2D eigenvalue weighted by atomic mass is 10.2. The lowest BCUT2D eigenvalue weighted by molar-refractivity contribution is 0.597. The summed E-state index contributed by atoms with van der Waals surface area (Å²) in [5.74, 6) is 0.574. The largest absolute Gasteiger partial charge is 0.260 e. The summed E-state index contributed by atoms with van der Waals surface area (Å²) in [6.45, 7) is 2.07. The Labute approximate surface area is 123 Å². The second-order valence-electron chi connectivity index (χ2n) is 4.51. The van der Waals surface area contributed by atoms with Crippen molar-refractivity contribution >= 4 is 20.6 Å². The lowest BCUT2D eigenvalue weighted by Crippen LogP contribution is -2.15. The van der Waals surface area contributed by atoms with E-state index in [1.165, 1.54) is 12.1 Å². The van der Waals surface area contributed by atoms with E-state index in [2.05, 4.69) is 6.92 Å². The Balaban J connectivity index is 2.62. The lowest BCUT2D eigenvalue weighted by Gasteiger charge is -2.05. The number of nitriles is 1. The molecule has 0 fully saturated rings. The molecule has 0 aromatic heterocycles. The van der Waals surface area contributed by atoms with Crippen LogP contribution in [0, 0.1) is 11.3 Å². The summed E-state index contributed by atoms with van der Waals surface area (Å²) in [7, 11) is -4.56. The van der Waals surface area contributed by atoms with Crippen LogP contribution in [0.2, 0.25) is 0 Å². The van der Waals surface area contributed by atoms with E-state index in [0.29, 0.717) is 11.3 Å². The molecule has 0 aliphatic carbocycles. The minimum absolute atomic E-state index is 0.127. The summed E-state index contributed by atoms with van der Waals surface area (Å²) >= 11 is 0. The number of unbranched alkanes of at least 4 members (excludes halogenated alkanes) is 2. The average molecular weight is 313 g/mol. The Kier molecular flexibility index (Phi) is 6.89. The van der Waals surface area contributed by atoms with E-state index < -0.39 is 20.6 Å². The Morgan fingerprint density at radius 1 is 1.25 bits per heavy atom. The van der Waals surface area contributed by atoms with Gasteiger partial charge in [0.15, 0.2) is 9.84 Å². The van der Waals surface area contributed by atoms with Crippen LogP contribution in [0.1, 0.15) is 31.7 Å². The van der Waals surface area contributed by atoms with Gasteiger partial charge in [0.1, 0.15) is 0 Å². The molecule has 0 heterocycles. The van der Waals surface area contributed by atoms with Gasteiger partial charge in [-0.2, -0.15) is 5.26 Å². The van der Waals surface area contributed by atoms with Crippen molar-refractivity contribution in [3.63, 3.8) is 0 Å². The molecule has 6 heteroatoms. The number of hydrogen-bond donors (Lipinski definition) is 0. The molecule has 1 aromatic rings. The third kappa shape index (κ3) is 5.43. The predicted molar refractivity (Wildman–Crippen MR) is 80.6 cm³/mol. The molecule has 1 unspecified atom stereocenters. The molecule has 0 N–H and O–H groups in total. The van der Waals surface area contributed by atoms with E-state index in [1.54, 1.807) is 12.1 Å². The number of benzene rings is 1. The van der Waals surface area contributed by atoms with Gasteiger partial charge in [-0.05, 0) is 24.6 Å². The molecular formula is C14H19NO3S2. The Bertz CT molecular complexity index is 603. The zero-order chi connectivity index (χ0) is 15.0. The van der Waals surface area contributed by atoms with Gasteiger partial charge in [0, 0.05) is 22.3 Å². The molecule has 1 rings (SSSR count). The summed E-state index contributed by atoms with van der Waals surface area (Å²) in [6.07, 6.45) is 2.94. The van der Waals surface area contributed by atoms with E-state index in [1.807, 2.05) is 6.07 Å². The maximum absolute atomic E-state index is 12.1. The summed E-state index contributed by atoms with van der Waals surface area (Å²) in [5, 5.41) is 8.77. The Morgan fingerprint density at radius 2 is 2.00 bits per heavy atom. The molecule has 0 aliphatic heterocycles. The molecular weight excluding hydrogens is 294 g/mol. The standard InChI is InChI=1S/C14H19NO3S2/c1-2-3-4-8-19(16)9-10-20(17,18)14-7-5-6-13(11-14)12-15/h5-7,11H,2-4,8-10H2,1H3. The molecule has 1 aromatic carbocycles. The van der Waals surface area contributed by atoms with Crippen LogP contribution in [-0.4, -0.2) is 29.9 Å². The quantitative estimate of drug-likeness (QED) is 0.690. The number of hydrogen-bond acceptors (Lipinski definition) is 4. The minimum Gasteiger partial charge on any atom is -0.260 e. The molecule has 20 heavy (non-hydrogen) atoms. The summed E-state index contributed by atoms with van der Waals surface area (Å²) in [4.78, 5) is 0.127. The summed E-state index contributed by atoms with van der Waals surface area (Å²) < 4.78 is 35.9. The van der Waals surface area contributed by atoms with Crippen LogP contribution in [-0.2, 0) is 20.6 Å². The van der Waals surface area contributed by atoms with Crippen LogP contribution >= 0.6 is 0 Å². The predicted octanol–water partition coefficient (Wildman–Crippen LogP) is 2.27. The van der Waals surface area contributed by atoms with Gasteiger partial charge in [-0.25, -0.2) is 8.42 Å². The molecule has 0 radical (unpaired) electrons. The highest BCUT2D eigenvalue weighted by Gasteiger charge is 2.16. The first-order valence-corrected chi connectivity index (χ1v) is 9.71. The van der Waals surface area contributed by atoms with Crippen LogP contribution in [0.3, 0.4) is 0 Å². The molecule has 110 valence electrons. The fraction of sp³-hybridized carbons (Fsp3) is 0.500. The first kappa shape index (κ1) is 16.9. The van der Waals surface area contributed by atoms with Crippen molar-refractivity contribution < 1.29 is 12.6 Å². The van der Waals surface area contributed by atoms with Crippen LogP contribution in [0.5, 0.6) is 0 Å². The van der Waals surface area contributed by atoms with Crippen molar-refractivity contribution in [1.82, 2.24) is 0 Å². The Hall–Kier alpha value is -1.19. The smallest absolute Gasteiger partial charge is 0.179 e. The average Bonchev–Trinajstić information content (AvgIpc) is 2.45. The van der Waals surface area contributed by atoms with E-state index in [4.69, 9.17) is 5.26 Å². The van der Waals surface area contributed by atoms with Crippen molar-refractivity contribution in [3.8, 4) is 6.07 Å². The van der Waals surface area contributed by atoms with Crippen LogP contribution < -0.4 is 0 Å². The van der Waals surface area contributed by atoms with Gasteiger partial charge in [-0.15, -0.1) is 0 Å². The van der Waals surface area contributed by atoms with E-state index in [0.717, 1.165) is 19.3 Å². The van der Waals surface area contributed by atoms with E-state index in [-0.39, 0.29) is 16.4 Å². The van der Waals surface area contributed by atoms with Crippen LogP contribution in [0.25, 0.3) is 0 Å². The van der Waals surface area contributed by atoms with Gasteiger partial charge in [0.25, 0.3) is 0 Å². The van der Waals surface area contributed by atoms with Gasteiger partial charge in [0.2, 0.25) is 0 Å². The highest BCUT2D eigenvalue weighted by Crippen LogP contribution is 2.13. The van der Waals surface area contributed by atoms with Crippen molar-refractivity contribution in [3.05, 3.63) is 29.8 Å². The topological polar surface area (TPSA) is 75.0 Å². The fourth-order valence-electron chi connectivity index (χ4n) is 1.69. The SMILES string of the molecule is CCCCCS(=O)CCS(=O)(=O)c1cccc(C#N)c1.